The van der Waals surface area contributed by atoms with E-state index in [-0.39, 0.29) is 0 Å². The molecule has 248 valence electrons. The van der Waals surface area contributed by atoms with E-state index in [1.807, 2.05) is 0 Å². The lowest BCUT2D eigenvalue weighted by Gasteiger charge is -2.27. The number of furan rings is 1. The van der Waals surface area contributed by atoms with Gasteiger partial charge in [0.2, 0.25) is 0 Å². The second kappa shape index (κ2) is 11.7. The number of nitrogens with zero attached hydrogens (tertiary/aromatic N) is 2. The molecule has 0 saturated heterocycles. The highest BCUT2D eigenvalue weighted by Gasteiger charge is 2.22. The first-order valence-corrected chi connectivity index (χ1v) is 18.1. The van der Waals surface area contributed by atoms with Crippen molar-refractivity contribution >= 4 is 82.4 Å². The number of aromatic nitrogens is 1. The minimum Gasteiger partial charge on any atom is -0.456 e. The summed E-state index contributed by atoms with van der Waals surface area (Å²) in [6.45, 7) is 0. The summed E-state index contributed by atoms with van der Waals surface area (Å²) in [4.78, 5) is 2.41. The van der Waals surface area contributed by atoms with Crippen LogP contribution >= 0.6 is 0 Å². The average molecular weight is 677 g/mol. The molecule has 0 fully saturated rings. The maximum absolute atomic E-state index is 6.60. The van der Waals surface area contributed by atoms with Gasteiger partial charge in [0.15, 0.2) is 0 Å². The molecule has 0 bridgehead atoms. The second-order valence-electron chi connectivity index (χ2n) is 13.8. The quantitative estimate of drug-likeness (QED) is 0.181. The van der Waals surface area contributed by atoms with Gasteiger partial charge in [0.1, 0.15) is 11.2 Å². The van der Waals surface area contributed by atoms with Gasteiger partial charge in [-0.15, -0.1) is 0 Å². The Balaban J connectivity index is 1.18. The number of fused-ring (bicyclic) bond motifs is 8. The van der Waals surface area contributed by atoms with Gasteiger partial charge in [-0.1, -0.05) is 121 Å². The van der Waals surface area contributed by atoms with Crippen LogP contribution in [0.5, 0.6) is 0 Å². The first-order chi connectivity index (χ1) is 26.3. The van der Waals surface area contributed by atoms with Crippen molar-refractivity contribution in [1.82, 2.24) is 4.57 Å². The largest absolute Gasteiger partial charge is 0.456 e. The van der Waals surface area contributed by atoms with Crippen LogP contribution in [0.15, 0.2) is 199 Å². The molecule has 0 radical (unpaired) electrons. The number of hydrogen-bond acceptors (Lipinski definition) is 2. The molecule has 11 rings (SSSR count). The topological polar surface area (TPSA) is 21.3 Å². The molecule has 0 aliphatic carbocycles. The van der Waals surface area contributed by atoms with E-state index in [0.717, 1.165) is 50.2 Å². The van der Waals surface area contributed by atoms with Gasteiger partial charge >= 0.3 is 0 Å². The Hall–Kier alpha value is -7.10. The Bertz CT molecular complexity index is 3170. The zero-order chi connectivity index (χ0) is 34.9. The third kappa shape index (κ3) is 4.75. The van der Waals surface area contributed by atoms with Crippen molar-refractivity contribution in [2.45, 2.75) is 0 Å². The van der Waals surface area contributed by atoms with Gasteiger partial charge in [0.25, 0.3) is 0 Å². The molecule has 2 aromatic heterocycles. The van der Waals surface area contributed by atoms with Crippen LogP contribution in [0.25, 0.3) is 82.1 Å². The van der Waals surface area contributed by atoms with E-state index in [4.69, 9.17) is 4.42 Å². The van der Waals surface area contributed by atoms with Crippen LogP contribution in [0.2, 0.25) is 0 Å². The van der Waals surface area contributed by atoms with Gasteiger partial charge in [0.05, 0.1) is 22.1 Å². The number of benzene rings is 9. The van der Waals surface area contributed by atoms with Crippen molar-refractivity contribution < 1.29 is 4.42 Å². The number of rotatable bonds is 5. The van der Waals surface area contributed by atoms with Gasteiger partial charge in [-0.2, -0.15) is 0 Å². The minimum absolute atomic E-state index is 0.866. The molecule has 2 heterocycles. The van der Waals surface area contributed by atoms with E-state index in [1.54, 1.807) is 0 Å². The SMILES string of the molecule is c1ccc(-c2ccc3cc(N(c4ccc5c6ccccc6n(-c6ccccc6)c5c4)c4cccc5oc6cc7ccccc7cc6c45)ccc3c2)cc1. The van der Waals surface area contributed by atoms with Gasteiger partial charge in [-0.05, 0) is 105 Å². The van der Waals surface area contributed by atoms with E-state index < -0.39 is 0 Å². The third-order valence-corrected chi connectivity index (χ3v) is 10.7. The molecule has 0 unspecified atom stereocenters. The molecule has 0 saturated carbocycles. The molecule has 11 aromatic rings. The Morgan fingerprint density at radius 2 is 1.04 bits per heavy atom. The molecule has 0 amide bonds. The molecular formula is C50H32N2O. The lowest BCUT2D eigenvalue weighted by atomic mass is 10.00. The first kappa shape index (κ1) is 29.6. The molecule has 0 aliphatic heterocycles. The van der Waals surface area contributed by atoms with Gasteiger partial charge in [-0.25, -0.2) is 0 Å². The lowest BCUT2D eigenvalue weighted by Crippen LogP contribution is -2.10. The van der Waals surface area contributed by atoms with Crippen LogP contribution in [0.3, 0.4) is 0 Å². The normalized spacial score (nSPS) is 11.8. The highest BCUT2D eigenvalue weighted by atomic mass is 16.3. The lowest BCUT2D eigenvalue weighted by molar-refractivity contribution is 0.669. The zero-order valence-corrected chi connectivity index (χ0v) is 28.8. The summed E-state index contributed by atoms with van der Waals surface area (Å²) in [5, 5.41) is 9.40. The Labute approximate surface area is 306 Å². The highest BCUT2D eigenvalue weighted by molar-refractivity contribution is 6.17. The molecule has 0 aliphatic rings. The first-order valence-electron chi connectivity index (χ1n) is 18.1. The molecule has 0 atom stereocenters. The minimum atomic E-state index is 0.866. The summed E-state index contributed by atoms with van der Waals surface area (Å²) in [5.74, 6) is 0. The summed E-state index contributed by atoms with van der Waals surface area (Å²) < 4.78 is 8.99. The smallest absolute Gasteiger partial charge is 0.137 e. The zero-order valence-electron chi connectivity index (χ0n) is 28.8. The Morgan fingerprint density at radius 1 is 0.377 bits per heavy atom. The van der Waals surface area contributed by atoms with Crippen molar-refractivity contribution in [3.63, 3.8) is 0 Å². The van der Waals surface area contributed by atoms with Gasteiger partial charge in [-0.3, -0.25) is 0 Å². The van der Waals surface area contributed by atoms with Crippen LogP contribution in [0.4, 0.5) is 17.1 Å². The Morgan fingerprint density at radius 3 is 1.91 bits per heavy atom. The molecule has 9 aromatic carbocycles. The fraction of sp³-hybridized carbons (Fsp3) is 0. The number of hydrogen-bond donors (Lipinski definition) is 0. The summed E-state index contributed by atoms with van der Waals surface area (Å²) in [6, 6.07) is 69.8. The second-order valence-corrected chi connectivity index (χ2v) is 13.8. The van der Waals surface area contributed by atoms with E-state index in [0.29, 0.717) is 0 Å². The van der Waals surface area contributed by atoms with Crippen LogP contribution < -0.4 is 4.90 Å². The van der Waals surface area contributed by atoms with Crippen LogP contribution in [0, 0.1) is 0 Å². The molecule has 53 heavy (non-hydrogen) atoms. The number of para-hydroxylation sites is 2. The summed E-state index contributed by atoms with van der Waals surface area (Å²) >= 11 is 0. The van der Waals surface area contributed by atoms with Crippen molar-refractivity contribution in [2.24, 2.45) is 0 Å². The molecule has 3 nitrogen and oxygen atoms in total. The van der Waals surface area contributed by atoms with Crippen LogP contribution in [-0.2, 0) is 0 Å². The van der Waals surface area contributed by atoms with Gasteiger partial charge in [0, 0.05) is 33.2 Å². The van der Waals surface area contributed by atoms with Crippen molar-refractivity contribution in [3.8, 4) is 16.8 Å². The van der Waals surface area contributed by atoms with E-state index in [1.165, 1.54) is 49.0 Å². The highest BCUT2D eigenvalue weighted by Crippen LogP contribution is 2.46. The van der Waals surface area contributed by atoms with E-state index in [2.05, 4.69) is 204 Å². The van der Waals surface area contributed by atoms with Crippen molar-refractivity contribution in [3.05, 3.63) is 194 Å². The molecule has 0 spiro atoms. The summed E-state index contributed by atoms with van der Waals surface area (Å²) in [6.07, 6.45) is 0. The molecular weight excluding hydrogens is 645 g/mol. The van der Waals surface area contributed by atoms with Crippen molar-refractivity contribution in [2.75, 3.05) is 4.90 Å². The maximum Gasteiger partial charge on any atom is 0.137 e. The van der Waals surface area contributed by atoms with E-state index >= 15 is 0 Å². The van der Waals surface area contributed by atoms with Crippen LogP contribution in [0.1, 0.15) is 0 Å². The van der Waals surface area contributed by atoms with E-state index in [9.17, 15) is 0 Å². The van der Waals surface area contributed by atoms with Crippen LogP contribution in [-0.4, -0.2) is 4.57 Å². The standard InChI is InChI=1S/C50H32N2O/c1-3-12-33(13-4-1)36-22-23-38-29-40(25-24-37(38)28-36)51(46-20-11-21-48-50(46)44-30-34-14-7-8-15-35(34)31-49(44)53-48)41-26-27-43-42-18-9-10-19-45(42)52(47(43)32-41)39-16-5-2-6-17-39/h1-32H. The average Bonchev–Trinajstić information content (AvgIpc) is 3.75. The van der Waals surface area contributed by atoms with Crippen molar-refractivity contribution in [1.29, 1.82) is 0 Å². The molecule has 3 heteroatoms. The predicted molar refractivity (Wildman–Crippen MR) is 223 cm³/mol. The Kier molecular flexibility index (Phi) is 6.55. The summed E-state index contributed by atoms with van der Waals surface area (Å²) in [7, 11) is 0. The maximum atomic E-state index is 6.60. The predicted octanol–water partition coefficient (Wildman–Crippen LogP) is 14.1. The van der Waals surface area contributed by atoms with Gasteiger partial charge < -0.3 is 13.9 Å². The molecule has 0 N–H and O–H groups in total. The summed E-state index contributed by atoms with van der Waals surface area (Å²) in [5.41, 5.74) is 10.9. The monoisotopic (exact) mass is 676 g/mol. The fourth-order valence-electron chi connectivity index (χ4n) is 8.24. The third-order valence-electron chi connectivity index (χ3n) is 10.7. The fourth-order valence-corrected chi connectivity index (χ4v) is 8.24. The number of anilines is 3.